The molecule has 0 spiro atoms. The van der Waals surface area contributed by atoms with Gasteiger partial charge in [-0.2, -0.15) is 0 Å². The number of hydrogen-bond donors (Lipinski definition) is 0. The average Bonchev–Trinajstić information content (AvgIpc) is 3.56. The van der Waals surface area contributed by atoms with Crippen LogP contribution >= 0.6 is 19.1 Å². The van der Waals surface area contributed by atoms with Gasteiger partial charge >= 0.3 is 33.0 Å². The first-order valence-electron chi connectivity index (χ1n) is 12.1. The zero-order valence-electron chi connectivity index (χ0n) is 20.5. The van der Waals surface area contributed by atoms with Gasteiger partial charge in [-0.25, -0.2) is 0 Å². The quantitative estimate of drug-likeness (QED) is 0.0804. The van der Waals surface area contributed by atoms with Crippen LogP contribution in [0, 0.1) is 0 Å². The standard InChI is InChI=1S/C31H19S2.F6P/c1-4-10-20(11-5-1)27(28-21-12-6-2-8-14-23(21)30-25(28)16-18-32-30)29-22-13-7-3-9-15-24(22)31-26(29)17-19-33-31;1-7(2,3,4,5)6/h1-19H;/q+1;-1. The zero-order chi connectivity index (χ0) is 28.2. The van der Waals surface area contributed by atoms with Gasteiger partial charge in [0.1, 0.15) is 0 Å². The molecular formula is C31H19F6PS2. The van der Waals surface area contributed by atoms with Crippen molar-refractivity contribution < 1.29 is 25.2 Å². The fourth-order valence-electron chi connectivity index (χ4n) is 5.20. The summed E-state index contributed by atoms with van der Waals surface area (Å²) in [6.07, 6.45) is 2.30. The van der Waals surface area contributed by atoms with Gasteiger partial charge in [0, 0.05) is 32.5 Å². The van der Waals surface area contributed by atoms with Gasteiger partial charge in [0.15, 0.2) is 5.37 Å². The Hall–Kier alpha value is -3.58. The van der Waals surface area contributed by atoms with Crippen LogP contribution in [-0.4, -0.2) is 5.37 Å². The molecule has 4 aliphatic carbocycles. The van der Waals surface area contributed by atoms with E-state index in [1.807, 2.05) is 22.7 Å². The summed E-state index contributed by atoms with van der Waals surface area (Å²) in [6, 6.07) is 35.2. The van der Waals surface area contributed by atoms with Crippen molar-refractivity contribution in [3.63, 3.8) is 0 Å². The summed E-state index contributed by atoms with van der Waals surface area (Å²) in [5, 5.41) is 8.49. The van der Waals surface area contributed by atoms with Gasteiger partial charge in [0.05, 0.1) is 5.22 Å². The molecule has 7 rings (SSSR count). The Kier molecular flexibility index (Phi) is 5.97. The van der Waals surface area contributed by atoms with Crippen LogP contribution in [0.15, 0.2) is 107 Å². The van der Waals surface area contributed by atoms with Crippen LogP contribution in [0.25, 0.3) is 44.0 Å². The molecule has 2 heterocycles. The first kappa shape index (κ1) is 26.6. The molecule has 9 heteroatoms. The molecule has 202 valence electrons. The van der Waals surface area contributed by atoms with E-state index >= 15 is 0 Å². The SMILES string of the molecule is C1=[S+]c2c3cccccc-3/c(=C(\c3ccccc3)c3c4cccccc-4c4sccc34)c2=C1.F[P-](F)(F)(F)(F)F. The van der Waals surface area contributed by atoms with Gasteiger partial charge in [-0.15, -0.1) is 11.3 Å². The third-order valence-electron chi connectivity index (χ3n) is 6.54. The van der Waals surface area contributed by atoms with Crippen LogP contribution in [0.2, 0.25) is 0 Å². The summed E-state index contributed by atoms with van der Waals surface area (Å²) in [7, 11) is -10.7. The van der Waals surface area contributed by atoms with Crippen LogP contribution < -0.4 is 10.4 Å². The molecule has 0 N–H and O–H groups in total. The Morgan fingerprint density at radius 3 is 1.82 bits per heavy atom. The maximum atomic E-state index is 9.87. The van der Waals surface area contributed by atoms with Crippen molar-refractivity contribution in [1.29, 1.82) is 0 Å². The first-order valence-corrected chi connectivity index (χ1v) is 15.9. The van der Waals surface area contributed by atoms with Gasteiger partial charge in [-0.3, -0.25) is 0 Å². The minimum absolute atomic E-state index is 1.26. The average molecular weight is 601 g/mol. The molecular weight excluding hydrogens is 581 g/mol. The molecule has 1 aliphatic heterocycles. The maximum absolute atomic E-state index is 10.7. The number of hydrogen-bond acceptors (Lipinski definition) is 1. The normalized spacial score (nSPS) is 15.2. The Balaban J connectivity index is 0.000000370. The summed E-state index contributed by atoms with van der Waals surface area (Å²) >= 11 is 3.68. The Morgan fingerprint density at radius 1 is 0.625 bits per heavy atom. The molecule has 0 saturated carbocycles. The van der Waals surface area contributed by atoms with Crippen LogP contribution in [0.3, 0.4) is 0 Å². The van der Waals surface area contributed by atoms with Gasteiger partial charge in [0.2, 0.25) is 16.2 Å². The van der Waals surface area contributed by atoms with Gasteiger partial charge < -0.3 is 0 Å². The number of benzene rings is 1. The summed E-state index contributed by atoms with van der Waals surface area (Å²) in [4.78, 5) is 1.37. The molecule has 0 amide bonds. The van der Waals surface area contributed by atoms with Gasteiger partial charge in [-0.1, -0.05) is 84.9 Å². The van der Waals surface area contributed by atoms with Crippen molar-refractivity contribution in [1.82, 2.24) is 0 Å². The zero-order valence-corrected chi connectivity index (χ0v) is 23.0. The van der Waals surface area contributed by atoms with E-state index in [4.69, 9.17) is 0 Å². The number of rotatable bonds is 2. The molecule has 0 saturated heterocycles. The molecule has 0 nitrogen and oxygen atoms in total. The number of thiophene rings is 1. The fourth-order valence-corrected chi connectivity index (χ4v) is 7.09. The van der Waals surface area contributed by atoms with Gasteiger partial charge in [0.25, 0.3) is 0 Å². The molecule has 0 bridgehead atoms. The Bertz CT molecular complexity index is 1980. The second-order valence-corrected chi connectivity index (χ2v) is 13.0. The topological polar surface area (TPSA) is 0 Å². The van der Waals surface area contributed by atoms with E-state index in [0.29, 0.717) is 0 Å². The first-order chi connectivity index (χ1) is 18.9. The predicted octanol–water partition coefficient (Wildman–Crippen LogP) is 9.78. The summed E-state index contributed by atoms with van der Waals surface area (Å²) in [5.74, 6) is 0. The van der Waals surface area contributed by atoms with Crippen molar-refractivity contribution in [2.75, 3.05) is 0 Å². The second kappa shape index (κ2) is 8.96. The van der Waals surface area contributed by atoms with Crippen molar-refractivity contribution in [2.24, 2.45) is 0 Å². The van der Waals surface area contributed by atoms with Crippen molar-refractivity contribution >= 4 is 57.6 Å². The van der Waals surface area contributed by atoms with E-state index in [1.54, 1.807) is 0 Å². The van der Waals surface area contributed by atoms with Crippen molar-refractivity contribution in [3.8, 4) is 22.3 Å². The number of halogens is 6. The molecule has 0 atom stereocenters. The third-order valence-corrected chi connectivity index (χ3v) is 8.43. The van der Waals surface area contributed by atoms with E-state index < -0.39 is 7.81 Å². The summed E-state index contributed by atoms with van der Waals surface area (Å²) in [5.41, 5.74) is 9.22. The Morgan fingerprint density at radius 2 is 1.18 bits per heavy atom. The van der Waals surface area contributed by atoms with Crippen LogP contribution in [0.5, 0.6) is 0 Å². The number of fused-ring (bicyclic) bond motifs is 6. The third kappa shape index (κ3) is 5.39. The molecule has 40 heavy (non-hydrogen) atoms. The summed E-state index contributed by atoms with van der Waals surface area (Å²) in [6.45, 7) is 0. The van der Waals surface area contributed by atoms with E-state index in [-0.39, 0.29) is 0 Å². The molecule has 1 aromatic heterocycles. The monoisotopic (exact) mass is 600 g/mol. The Labute approximate surface area is 233 Å². The van der Waals surface area contributed by atoms with Gasteiger partial charge in [-0.05, 0) is 45.3 Å². The molecule has 0 radical (unpaired) electrons. The van der Waals surface area contributed by atoms with Crippen molar-refractivity contribution in [2.45, 2.75) is 4.90 Å². The van der Waals surface area contributed by atoms with E-state index in [9.17, 15) is 25.2 Å². The molecule has 5 aliphatic rings. The van der Waals surface area contributed by atoms with E-state index in [2.05, 4.69) is 114 Å². The molecule has 0 unspecified atom stereocenters. The summed E-state index contributed by atoms with van der Waals surface area (Å²) < 4.78 is 60.6. The minimum atomic E-state index is -10.7. The van der Waals surface area contributed by atoms with Crippen LogP contribution in [0.4, 0.5) is 25.2 Å². The van der Waals surface area contributed by atoms with E-state index in [0.717, 1.165) is 0 Å². The fraction of sp³-hybridized carbons (Fsp3) is 0. The van der Waals surface area contributed by atoms with E-state index in [1.165, 1.54) is 64.4 Å². The van der Waals surface area contributed by atoms with Crippen LogP contribution in [0.1, 0.15) is 11.1 Å². The predicted molar refractivity (Wildman–Crippen MR) is 159 cm³/mol. The van der Waals surface area contributed by atoms with Crippen LogP contribution in [-0.2, 0) is 11.4 Å². The second-order valence-electron chi connectivity index (χ2n) is 9.25. The molecule has 1 aromatic carbocycles. The molecule has 0 fully saturated rings. The van der Waals surface area contributed by atoms with Crippen molar-refractivity contribution in [3.05, 3.63) is 124 Å². The molecule has 2 aromatic rings.